The fourth-order valence-electron chi connectivity index (χ4n) is 2.71. The molecule has 1 aromatic carbocycles. The van der Waals surface area contributed by atoms with Gasteiger partial charge in [-0.3, -0.25) is 9.59 Å². The number of amides is 1. The maximum absolute atomic E-state index is 13.2. The van der Waals surface area contributed by atoms with E-state index in [1.165, 1.54) is 12.1 Å². The molecule has 1 saturated heterocycles. The van der Waals surface area contributed by atoms with Crippen LogP contribution < -0.4 is 0 Å². The number of esters is 1. The SMILES string of the molecule is CN(Cc1nc2ccc(F)cc2[nH]1)C(=O)CC[C@@H]1CCOC1=O. The van der Waals surface area contributed by atoms with E-state index in [0.29, 0.717) is 49.3 Å². The van der Waals surface area contributed by atoms with Crippen LogP contribution in [0.2, 0.25) is 0 Å². The predicted octanol–water partition coefficient (Wildman–Crippen LogP) is 2.00. The topological polar surface area (TPSA) is 75.3 Å². The minimum atomic E-state index is -0.333. The molecule has 0 aliphatic carbocycles. The Balaban J connectivity index is 1.57. The summed E-state index contributed by atoms with van der Waals surface area (Å²) in [6.45, 7) is 0.757. The molecule has 1 N–H and O–H groups in total. The van der Waals surface area contributed by atoms with Gasteiger partial charge in [0.1, 0.15) is 11.6 Å². The van der Waals surface area contributed by atoms with Crippen LogP contribution in [0, 0.1) is 11.7 Å². The molecule has 6 nitrogen and oxygen atoms in total. The number of H-pyrrole nitrogens is 1. The number of halogens is 1. The molecule has 1 amide bonds. The number of cyclic esters (lactones) is 1. The highest BCUT2D eigenvalue weighted by atomic mass is 19.1. The molecule has 23 heavy (non-hydrogen) atoms. The number of aromatic nitrogens is 2. The van der Waals surface area contributed by atoms with Gasteiger partial charge in [-0.2, -0.15) is 0 Å². The Morgan fingerprint density at radius 1 is 1.52 bits per heavy atom. The number of aromatic amines is 1. The number of ether oxygens (including phenoxy) is 1. The fourth-order valence-corrected chi connectivity index (χ4v) is 2.71. The maximum Gasteiger partial charge on any atom is 0.309 e. The highest BCUT2D eigenvalue weighted by Crippen LogP contribution is 2.20. The summed E-state index contributed by atoms with van der Waals surface area (Å²) in [6, 6.07) is 4.32. The number of hydrogen-bond acceptors (Lipinski definition) is 4. The predicted molar refractivity (Wildman–Crippen MR) is 80.8 cm³/mol. The summed E-state index contributed by atoms with van der Waals surface area (Å²) >= 11 is 0. The third kappa shape index (κ3) is 3.49. The molecule has 0 unspecified atom stereocenters. The average Bonchev–Trinajstić information content (AvgIpc) is 3.09. The summed E-state index contributed by atoms with van der Waals surface area (Å²) in [4.78, 5) is 32.4. The van der Waals surface area contributed by atoms with E-state index in [-0.39, 0.29) is 23.6 Å². The monoisotopic (exact) mass is 319 g/mol. The summed E-state index contributed by atoms with van der Waals surface area (Å²) in [6.07, 6.45) is 1.49. The molecule has 3 rings (SSSR count). The Morgan fingerprint density at radius 3 is 3.09 bits per heavy atom. The fraction of sp³-hybridized carbons (Fsp3) is 0.438. The summed E-state index contributed by atoms with van der Waals surface area (Å²) in [5.74, 6) is -0.167. The minimum absolute atomic E-state index is 0.0589. The van der Waals surface area contributed by atoms with Gasteiger partial charge in [-0.05, 0) is 31.0 Å². The van der Waals surface area contributed by atoms with Crippen LogP contribution in [0.15, 0.2) is 18.2 Å². The molecule has 1 aromatic heterocycles. The largest absolute Gasteiger partial charge is 0.465 e. The molecule has 0 bridgehead atoms. The van der Waals surface area contributed by atoms with Crippen LogP contribution in [0.25, 0.3) is 11.0 Å². The lowest BCUT2D eigenvalue weighted by atomic mass is 10.0. The van der Waals surface area contributed by atoms with Crippen molar-refractivity contribution >= 4 is 22.9 Å². The number of carbonyl (C=O) groups excluding carboxylic acids is 2. The van der Waals surface area contributed by atoms with Gasteiger partial charge in [-0.1, -0.05) is 0 Å². The maximum atomic E-state index is 13.2. The quantitative estimate of drug-likeness (QED) is 0.855. The third-order valence-corrected chi connectivity index (χ3v) is 4.06. The minimum Gasteiger partial charge on any atom is -0.465 e. The lowest BCUT2D eigenvalue weighted by Gasteiger charge is -2.16. The number of rotatable bonds is 5. The van der Waals surface area contributed by atoms with E-state index in [1.54, 1.807) is 18.0 Å². The number of hydrogen-bond donors (Lipinski definition) is 1. The second-order valence-electron chi connectivity index (χ2n) is 5.79. The summed E-state index contributed by atoms with van der Waals surface area (Å²) < 4.78 is 18.1. The Kier molecular flexibility index (Phi) is 4.27. The Labute approximate surface area is 132 Å². The first-order valence-corrected chi connectivity index (χ1v) is 7.57. The van der Waals surface area contributed by atoms with Crippen molar-refractivity contribution < 1.29 is 18.7 Å². The van der Waals surface area contributed by atoms with Crippen molar-refractivity contribution in [3.63, 3.8) is 0 Å². The van der Waals surface area contributed by atoms with E-state index in [1.807, 2.05) is 0 Å². The molecule has 7 heteroatoms. The van der Waals surface area contributed by atoms with Crippen LogP contribution in [-0.4, -0.2) is 40.4 Å². The number of benzene rings is 1. The standard InChI is InChI=1S/C16H18FN3O3/c1-20(15(21)5-2-10-6-7-23-16(10)22)9-14-18-12-4-3-11(17)8-13(12)19-14/h3-4,8,10H,2,5-7,9H2,1H3,(H,18,19)/t10-/m1/s1. The van der Waals surface area contributed by atoms with Crippen molar-refractivity contribution in [2.75, 3.05) is 13.7 Å². The number of fused-ring (bicyclic) bond motifs is 1. The van der Waals surface area contributed by atoms with Gasteiger partial charge in [-0.15, -0.1) is 0 Å². The number of imidazole rings is 1. The molecule has 2 heterocycles. The van der Waals surface area contributed by atoms with Gasteiger partial charge < -0.3 is 14.6 Å². The van der Waals surface area contributed by atoms with Crippen molar-refractivity contribution in [3.05, 3.63) is 29.8 Å². The molecule has 0 spiro atoms. The zero-order chi connectivity index (χ0) is 16.4. The number of nitrogens with zero attached hydrogens (tertiary/aromatic N) is 2. The van der Waals surface area contributed by atoms with Crippen LogP contribution in [0.4, 0.5) is 4.39 Å². The van der Waals surface area contributed by atoms with E-state index in [2.05, 4.69) is 9.97 Å². The first-order valence-electron chi connectivity index (χ1n) is 7.57. The van der Waals surface area contributed by atoms with Gasteiger partial charge in [0.15, 0.2) is 0 Å². The van der Waals surface area contributed by atoms with Gasteiger partial charge in [-0.25, -0.2) is 9.37 Å². The van der Waals surface area contributed by atoms with Crippen molar-refractivity contribution in [2.24, 2.45) is 5.92 Å². The van der Waals surface area contributed by atoms with Crippen LogP contribution >= 0.6 is 0 Å². The van der Waals surface area contributed by atoms with E-state index in [9.17, 15) is 14.0 Å². The van der Waals surface area contributed by atoms with Gasteiger partial charge in [0, 0.05) is 13.5 Å². The molecule has 0 saturated carbocycles. The van der Waals surface area contributed by atoms with Crippen molar-refractivity contribution in [3.8, 4) is 0 Å². The molecule has 1 fully saturated rings. The van der Waals surface area contributed by atoms with Gasteiger partial charge in [0.05, 0.1) is 30.1 Å². The average molecular weight is 319 g/mol. The van der Waals surface area contributed by atoms with Gasteiger partial charge >= 0.3 is 5.97 Å². The Hall–Kier alpha value is -2.44. The third-order valence-electron chi connectivity index (χ3n) is 4.06. The van der Waals surface area contributed by atoms with Crippen molar-refractivity contribution in [1.29, 1.82) is 0 Å². The molecule has 1 aliphatic rings. The highest BCUT2D eigenvalue weighted by Gasteiger charge is 2.27. The van der Waals surface area contributed by atoms with Crippen molar-refractivity contribution in [1.82, 2.24) is 14.9 Å². The lowest BCUT2D eigenvalue weighted by molar-refractivity contribution is -0.141. The molecule has 0 radical (unpaired) electrons. The van der Waals surface area contributed by atoms with Crippen molar-refractivity contribution in [2.45, 2.75) is 25.8 Å². The Bertz CT molecular complexity index is 743. The first-order chi connectivity index (χ1) is 11.0. The summed E-state index contributed by atoms with van der Waals surface area (Å²) in [5, 5.41) is 0. The summed E-state index contributed by atoms with van der Waals surface area (Å²) in [7, 11) is 1.68. The van der Waals surface area contributed by atoms with Crippen LogP contribution in [0.3, 0.4) is 0 Å². The molecular weight excluding hydrogens is 301 g/mol. The summed E-state index contributed by atoms with van der Waals surface area (Å²) in [5.41, 5.74) is 1.27. The highest BCUT2D eigenvalue weighted by molar-refractivity contribution is 5.78. The number of carbonyl (C=O) groups is 2. The van der Waals surface area contributed by atoms with E-state index in [4.69, 9.17) is 4.74 Å². The first kappa shape index (κ1) is 15.5. The van der Waals surface area contributed by atoms with E-state index < -0.39 is 0 Å². The molecular formula is C16H18FN3O3. The van der Waals surface area contributed by atoms with E-state index in [0.717, 1.165) is 0 Å². The second kappa shape index (κ2) is 6.36. The molecule has 1 atom stereocenters. The Morgan fingerprint density at radius 2 is 2.35 bits per heavy atom. The van der Waals surface area contributed by atoms with Crippen LogP contribution in [0.1, 0.15) is 25.1 Å². The molecule has 2 aromatic rings. The molecule has 122 valence electrons. The second-order valence-corrected chi connectivity index (χ2v) is 5.79. The van der Waals surface area contributed by atoms with Crippen LogP contribution in [-0.2, 0) is 20.9 Å². The molecule has 1 aliphatic heterocycles. The lowest BCUT2D eigenvalue weighted by Crippen LogP contribution is -2.27. The zero-order valence-corrected chi connectivity index (χ0v) is 12.8. The normalized spacial score (nSPS) is 17.5. The smallest absolute Gasteiger partial charge is 0.309 e. The number of nitrogens with one attached hydrogen (secondary N) is 1. The van der Waals surface area contributed by atoms with Gasteiger partial charge in [0.2, 0.25) is 5.91 Å². The van der Waals surface area contributed by atoms with Gasteiger partial charge in [0.25, 0.3) is 0 Å². The van der Waals surface area contributed by atoms with E-state index >= 15 is 0 Å². The zero-order valence-electron chi connectivity index (χ0n) is 12.8. The van der Waals surface area contributed by atoms with Crippen LogP contribution in [0.5, 0.6) is 0 Å².